The summed E-state index contributed by atoms with van der Waals surface area (Å²) in [5.74, 6) is -0.224. The van der Waals surface area contributed by atoms with E-state index in [0.717, 1.165) is 12.8 Å². The van der Waals surface area contributed by atoms with Crippen LogP contribution in [0.1, 0.15) is 48.0 Å². The van der Waals surface area contributed by atoms with Gasteiger partial charge in [0.15, 0.2) is 0 Å². The lowest BCUT2D eigenvalue weighted by atomic mass is 9.94. The highest BCUT2D eigenvalue weighted by atomic mass is 16.6. The van der Waals surface area contributed by atoms with Crippen molar-refractivity contribution in [3.05, 3.63) is 69.8 Å². The summed E-state index contributed by atoms with van der Waals surface area (Å²) >= 11 is 0. The molecule has 0 atom stereocenters. The number of benzene rings is 2. The van der Waals surface area contributed by atoms with Crippen LogP contribution >= 0.6 is 0 Å². The van der Waals surface area contributed by atoms with Crippen molar-refractivity contribution in [1.82, 2.24) is 4.90 Å². The van der Waals surface area contributed by atoms with Gasteiger partial charge in [0.1, 0.15) is 0 Å². The number of rotatable bonds is 6. The van der Waals surface area contributed by atoms with E-state index >= 15 is 0 Å². The van der Waals surface area contributed by atoms with Gasteiger partial charge < -0.3 is 10.2 Å². The van der Waals surface area contributed by atoms with Gasteiger partial charge in [0.05, 0.1) is 11.3 Å². The van der Waals surface area contributed by atoms with Gasteiger partial charge in [-0.3, -0.25) is 19.7 Å². The van der Waals surface area contributed by atoms with E-state index in [-0.39, 0.29) is 23.9 Å². The Balaban J connectivity index is 1.56. The van der Waals surface area contributed by atoms with Gasteiger partial charge in [-0.1, -0.05) is 31.4 Å². The zero-order valence-corrected chi connectivity index (χ0v) is 16.5. The number of anilines is 1. The molecule has 0 spiro atoms. The highest BCUT2D eigenvalue weighted by molar-refractivity contribution is 5.96. The number of hydrogen-bond donors (Lipinski definition) is 1. The van der Waals surface area contributed by atoms with Crippen molar-refractivity contribution in [2.24, 2.45) is 0 Å². The Morgan fingerprint density at radius 3 is 2.24 bits per heavy atom. The summed E-state index contributed by atoms with van der Waals surface area (Å²) in [6.45, 7) is 0. The predicted octanol–water partition coefficient (Wildman–Crippen LogP) is 4.18. The molecule has 152 valence electrons. The molecule has 2 amide bonds. The number of nitrogens with one attached hydrogen (secondary N) is 1. The van der Waals surface area contributed by atoms with Crippen molar-refractivity contribution >= 4 is 23.2 Å². The van der Waals surface area contributed by atoms with Crippen LogP contribution in [0.15, 0.2) is 48.5 Å². The van der Waals surface area contributed by atoms with Crippen LogP contribution in [-0.2, 0) is 11.2 Å². The maximum absolute atomic E-state index is 12.7. The van der Waals surface area contributed by atoms with Gasteiger partial charge in [-0.15, -0.1) is 0 Å². The monoisotopic (exact) mass is 395 g/mol. The molecule has 2 aromatic rings. The average molecular weight is 395 g/mol. The highest BCUT2D eigenvalue weighted by Crippen LogP contribution is 2.23. The van der Waals surface area contributed by atoms with E-state index in [0.29, 0.717) is 22.9 Å². The largest absolute Gasteiger partial charge is 0.339 e. The minimum absolute atomic E-state index is 0.000608. The molecule has 1 aliphatic rings. The fourth-order valence-corrected chi connectivity index (χ4v) is 3.66. The Labute approximate surface area is 169 Å². The number of non-ortho nitro benzene ring substituents is 1. The normalized spacial score (nSPS) is 14.2. The second kappa shape index (κ2) is 9.32. The summed E-state index contributed by atoms with van der Waals surface area (Å²) in [5.41, 5.74) is 1.89. The van der Waals surface area contributed by atoms with Gasteiger partial charge >= 0.3 is 0 Å². The summed E-state index contributed by atoms with van der Waals surface area (Å²) in [6, 6.07) is 13.1. The molecule has 3 rings (SSSR count). The van der Waals surface area contributed by atoms with E-state index < -0.39 is 4.92 Å². The van der Waals surface area contributed by atoms with Crippen LogP contribution in [0.5, 0.6) is 0 Å². The van der Waals surface area contributed by atoms with Crippen molar-refractivity contribution in [1.29, 1.82) is 0 Å². The van der Waals surface area contributed by atoms with Gasteiger partial charge in [0.2, 0.25) is 5.91 Å². The molecule has 1 N–H and O–H groups in total. The average Bonchev–Trinajstić information content (AvgIpc) is 2.74. The Morgan fingerprint density at radius 1 is 1.03 bits per heavy atom. The van der Waals surface area contributed by atoms with Crippen LogP contribution in [0.3, 0.4) is 0 Å². The second-order valence-electron chi connectivity index (χ2n) is 7.43. The molecule has 29 heavy (non-hydrogen) atoms. The number of carbonyl (C=O) groups excluding carboxylic acids is 2. The maximum Gasteiger partial charge on any atom is 0.269 e. The van der Waals surface area contributed by atoms with Gasteiger partial charge in [-0.05, 0) is 42.7 Å². The molecular weight excluding hydrogens is 370 g/mol. The van der Waals surface area contributed by atoms with E-state index in [4.69, 9.17) is 0 Å². The van der Waals surface area contributed by atoms with Crippen LogP contribution in [0.2, 0.25) is 0 Å². The quantitative estimate of drug-likeness (QED) is 0.586. The first kappa shape index (κ1) is 20.5. The number of nitrogens with zero attached hydrogens (tertiary/aromatic N) is 2. The molecular formula is C22H25N3O4. The topological polar surface area (TPSA) is 92.6 Å². The third-order valence-corrected chi connectivity index (χ3v) is 5.37. The van der Waals surface area contributed by atoms with E-state index in [2.05, 4.69) is 5.32 Å². The Kier molecular flexibility index (Phi) is 6.59. The summed E-state index contributed by atoms with van der Waals surface area (Å²) < 4.78 is 0. The number of nitro benzene ring substituents is 1. The first-order chi connectivity index (χ1) is 13.9. The minimum atomic E-state index is -0.474. The first-order valence-corrected chi connectivity index (χ1v) is 9.84. The molecule has 0 bridgehead atoms. The number of hydrogen-bond acceptors (Lipinski definition) is 4. The van der Waals surface area contributed by atoms with Crippen molar-refractivity contribution in [3.8, 4) is 0 Å². The Bertz CT molecular complexity index is 872. The third-order valence-electron chi connectivity index (χ3n) is 5.37. The highest BCUT2D eigenvalue weighted by Gasteiger charge is 2.22. The fourth-order valence-electron chi connectivity index (χ4n) is 3.66. The van der Waals surface area contributed by atoms with Crippen LogP contribution in [0, 0.1) is 10.1 Å². The lowest BCUT2D eigenvalue weighted by molar-refractivity contribution is -0.384. The molecule has 1 saturated carbocycles. The lowest BCUT2D eigenvalue weighted by Crippen LogP contribution is -2.38. The number of carbonyl (C=O) groups is 2. The molecule has 0 aliphatic heterocycles. The number of amides is 2. The van der Waals surface area contributed by atoms with E-state index in [1.807, 2.05) is 11.9 Å². The molecule has 0 unspecified atom stereocenters. The van der Waals surface area contributed by atoms with Crippen molar-refractivity contribution in [2.45, 2.75) is 44.6 Å². The third kappa shape index (κ3) is 5.40. The first-order valence-electron chi connectivity index (χ1n) is 9.84. The predicted molar refractivity (Wildman–Crippen MR) is 111 cm³/mol. The van der Waals surface area contributed by atoms with Crippen LogP contribution in [-0.4, -0.2) is 34.7 Å². The smallest absolute Gasteiger partial charge is 0.269 e. The molecule has 7 heteroatoms. The fraction of sp³-hybridized carbons (Fsp3) is 0.364. The van der Waals surface area contributed by atoms with E-state index in [1.54, 1.807) is 36.4 Å². The zero-order chi connectivity index (χ0) is 20.8. The molecule has 0 heterocycles. The van der Waals surface area contributed by atoms with Crippen molar-refractivity contribution in [3.63, 3.8) is 0 Å². The molecule has 7 nitrogen and oxygen atoms in total. The molecule has 1 fully saturated rings. The molecule has 0 saturated heterocycles. The van der Waals surface area contributed by atoms with Crippen LogP contribution < -0.4 is 5.32 Å². The lowest BCUT2D eigenvalue weighted by Gasteiger charge is -2.31. The van der Waals surface area contributed by atoms with E-state index in [1.165, 1.54) is 31.4 Å². The zero-order valence-electron chi connectivity index (χ0n) is 16.5. The summed E-state index contributed by atoms with van der Waals surface area (Å²) in [6.07, 6.45) is 5.80. The number of nitro groups is 1. The van der Waals surface area contributed by atoms with Gasteiger partial charge in [0, 0.05) is 36.5 Å². The maximum atomic E-state index is 12.7. The Hall–Kier alpha value is -3.22. The van der Waals surface area contributed by atoms with E-state index in [9.17, 15) is 19.7 Å². The molecule has 1 aliphatic carbocycles. The molecule has 2 aromatic carbocycles. The SMILES string of the molecule is CN(C(=O)c1ccc(NC(=O)Cc2ccc([N+](=O)[O-])cc2)cc1)C1CCCCC1. The second-order valence-corrected chi connectivity index (χ2v) is 7.43. The van der Waals surface area contributed by atoms with Gasteiger partial charge in [-0.2, -0.15) is 0 Å². The van der Waals surface area contributed by atoms with Gasteiger partial charge in [0.25, 0.3) is 11.6 Å². The molecule has 0 aromatic heterocycles. The van der Waals surface area contributed by atoms with Crippen molar-refractivity contribution < 1.29 is 14.5 Å². The standard InChI is InChI=1S/C22H25N3O4/c1-24(19-5-3-2-4-6-19)22(27)17-9-11-18(12-10-17)23-21(26)15-16-7-13-20(14-8-16)25(28)29/h7-14,19H,2-6,15H2,1H3,(H,23,26). The van der Waals surface area contributed by atoms with Crippen molar-refractivity contribution in [2.75, 3.05) is 12.4 Å². The molecule has 0 radical (unpaired) electrons. The summed E-state index contributed by atoms with van der Waals surface area (Å²) in [5, 5.41) is 13.5. The summed E-state index contributed by atoms with van der Waals surface area (Å²) in [4.78, 5) is 36.9. The minimum Gasteiger partial charge on any atom is -0.339 e. The summed E-state index contributed by atoms with van der Waals surface area (Å²) in [7, 11) is 1.86. The van der Waals surface area contributed by atoms with Crippen LogP contribution in [0.25, 0.3) is 0 Å². The van der Waals surface area contributed by atoms with Crippen LogP contribution in [0.4, 0.5) is 11.4 Å². The Morgan fingerprint density at radius 2 is 1.66 bits per heavy atom. The van der Waals surface area contributed by atoms with Gasteiger partial charge in [-0.25, -0.2) is 0 Å².